The van der Waals surface area contributed by atoms with Crippen LogP contribution in [0.15, 0.2) is 30.3 Å². The van der Waals surface area contributed by atoms with Gasteiger partial charge in [-0.1, -0.05) is 43.2 Å². The summed E-state index contributed by atoms with van der Waals surface area (Å²) in [5.41, 5.74) is 0.678. The van der Waals surface area contributed by atoms with E-state index >= 15 is 0 Å². The summed E-state index contributed by atoms with van der Waals surface area (Å²) < 4.78 is 4.83. The largest absolute Gasteiger partial charge is 0.464 e. The molecule has 2 aliphatic rings. The van der Waals surface area contributed by atoms with E-state index in [1.807, 2.05) is 30.3 Å². The molecular formula is C23H25N3O5S. The molecule has 8 nitrogen and oxygen atoms in total. The Labute approximate surface area is 190 Å². The first-order chi connectivity index (χ1) is 15.4. The smallest absolute Gasteiger partial charge is 0.357 e. The highest BCUT2D eigenvalue weighted by Crippen LogP contribution is 2.46. The zero-order chi connectivity index (χ0) is 22.7. The molecule has 1 aliphatic carbocycles. The van der Waals surface area contributed by atoms with Gasteiger partial charge in [-0.2, -0.15) is 0 Å². The van der Waals surface area contributed by atoms with Crippen LogP contribution < -0.4 is 5.32 Å². The zero-order valence-corrected chi connectivity index (χ0v) is 18.7. The van der Waals surface area contributed by atoms with Crippen LogP contribution in [-0.2, 0) is 32.0 Å². The number of carbonyl (C=O) groups excluding carboxylic acids is 4. The lowest BCUT2D eigenvalue weighted by molar-refractivity contribution is -0.143. The van der Waals surface area contributed by atoms with Gasteiger partial charge in [0, 0.05) is 11.3 Å². The van der Waals surface area contributed by atoms with E-state index in [1.165, 1.54) is 18.4 Å². The Morgan fingerprint density at radius 2 is 1.88 bits per heavy atom. The van der Waals surface area contributed by atoms with E-state index in [4.69, 9.17) is 4.74 Å². The highest BCUT2D eigenvalue weighted by Gasteiger charge is 2.52. The van der Waals surface area contributed by atoms with Crippen LogP contribution in [0.25, 0.3) is 0 Å². The summed E-state index contributed by atoms with van der Waals surface area (Å²) in [6.07, 6.45) is 4.73. The maximum Gasteiger partial charge on any atom is 0.357 e. The number of hydrogen-bond donors (Lipinski definition) is 1. The minimum atomic E-state index is -0.610. The minimum Gasteiger partial charge on any atom is -0.464 e. The summed E-state index contributed by atoms with van der Waals surface area (Å²) in [4.78, 5) is 55.9. The quantitative estimate of drug-likeness (QED) is 0.508. The van der Waals surface area contributed by atoms with Gasteiger partial charge in [-0.25, -0.2) is 9.78 Å². The van der Waals surface area contributed by atoms with Gasteiger partial charge in [-0.15, -0.1) is 11.3 Å². The van der Waals surface area contributed by atoms with Crippen molar-refractivity contribution in [3.8, 4) is 0 Å². The molecule has 1 saturated heterocycles. The summed E-state index contributed by atoms with van der Waals surface area (Å²) in [5.74, 6) is -1.63. The number of likely N-dealkylation sites (tertiary alicyclic amines) is 1. The number of nitrogens with zero attached hydrogens (tertiary/aromatic N) is 2. The number of ether oxygens (including phenoxy) is 1. The van der Waals surface area contributed by atoms with Crippen molar-refractivity contribution in [2.24, 2.45) is 5.41 Å². The van der Waals surface area contributed by atoms with Crippen molar-refractivity contribution in [1.82, 2.24) is 9.88 Å². The van der Waals surface area contributed by atoms with Crippen molar-refractivity contribution in [3.05, 3.63) is 46.5 Å². The van der Waals surface area contributed by atoms with Crippen molar-refractivity contribution in [2.45, 2.75) is 44.9 Å². The Kier molecular flexibility index (Phi) is 6.36. The second-order valence-corrected chi connectivity index (χ2v) is 9.35. The molecule has 168 valence electrons. The Morgan fingerprint density at radius 3 is 2.56 bits per heavy atom. The van der Waals surface area contributed by atoms with Crippen LogP contribution in [0.4, 0.5) is 5.13 Å². The minimum absolute atomic E-state index is 0.168. The maximum atomic E-state index is 12.8. The molecule has 0 bridgehead atoms. The highest BCUT2D eigenvalue weighted by molar-refractivity contribution is 7.16. The maximum absolute atomic E-state index is 12.8. The molecule has 1 spiro atoms. The van der Waals surface area contributed by atoms with Gasteiger partial charge in [0.05, 0.1) is 12.5 Å². The molecule has 9 heteroatoms. The van der Waals surface area contributed by atoms with Crippen LogP contribution >= 0.6 is 11.3 Å². The number of nitrogens with one attached hydrogen (secondary N) is 1. The third-order valence-electron chi connectivity index (χ3n) is 6.16. The summed E-state index contributed by atoms with van der Waals surface area (Å²) >= 11 is 1.20. The van der Waals surface area contributed by atoms with E-state index < -0.39 is 17.3 Å². The topological polar surface area (TPSA) is 106 Å². The molecule has 2 aromatic rings. The Balaban J connectivity index is 1.43. The molecular weight excluding hydrogens is 430 g/mol. The second-order valence-electron chi connectivity index (χ2n) is 8.27. The van der Waals surface area contributed by atoms with Crippen molar-refractivity contribution >= 4 is 40.2 Å². The van der Waals surface area contributed by atoms with Gasteiger partial charge in [0.1, 0.15) is 6.54 Å². The second kappa shape index (κ2) is 9.20. The number of benzene rings is 1. The summed E-state index contributed by atoms with van der Waals surface area (Å²) in [5, 5.41) is 2.89. The molecule has 3 amide bonds. The van der Waals surface area contributed by atoms with Gasteiger partial charge in [0.25, 0.3) is 0 Å². The molecule has 1 aromatic heterocycles. The number of imide groups is 1. The number of methoxy groups -OCH3 is 1. The standard InChI is InChI=1S/C23H25N3O5S/c1-31-20(29)19-16(10-9-15-7-3-2-4-8-15)32-22(25-19)24-17(27)14-26-18(28)13-23(21(26)30)11-5-6-12-23/h2-4,7-8H,5-6,9-14H2,1H3,(H,24,25,27). The van der Waals surface area contributed by atoms with Crippen molar-refractivity contribution in [3.63, 3.8) is 0 Å². The van der Waals surface area contributed by atoms with Gasteiger partial charge in [-0.3, -0.25) is 19.3 Å². The van der Waals surface area contributed by atoms with Gasteiger partial charge < -0.3 is 10.1 Å². The lowest BCUT2D eigenvalue weighted by atomic mass is 9.84. The van der Waals surface area contributed by atoms with E-state index in [0.29, 0.717) is 30.6 Å². The van der Waals surface area contributed by atoms with Crippen LogP contribution in [0.3, 0.4) is 0 Å². The zero-order valence-electron chi connectivity index (χ0n) is 17.9. The molecule has 0 unspecified atom stereocenters. The normalized spacial score (nSPS) is 17.2. The van der Waals surface area contributed by atoms with E-state index in [2.05, 4.69) is 10.3 Å². The lowest BCUT2D eigenvalue weighted by Gasteiger charge is -2.20. The van der Waals surface area contributed by atoms with E-state index in [0.717, 1.165) is 23.3 Å². The predicted octanol–water partition coefficient (Wildman–Crippen LogP) is 2.97. The summed E-state index contributed by atoms with van der Waals surface area (Å²) in [6.45, 7) is -0.341. The highest BCUT2D eigenvalue weighted by atomic mass is 32.1. The fourth-order valence-electron chi connectivity index (χ4n) is 4.50. The van der Waals surface area contributed by atoms with Crippen LogP contribution in [0.5, 0.6) is 0 Å². The monoisotopic (exact) mass is 455 g/mol. The molecule has 32 heavy (non-hydrogen) atoms. The molecule has 2 heterocycles. The number of aromatic nitrogens is 1. The lowest BCUT2D eigenvalue weighted by Crippen LogP contribution is -2.39. The van der Waals surface area contributed by atoms with Crippen LogP contribution in [0.1, 0.15) is 53.0 Å². The number of esters is 1. The van der Waals surface area contributed by atoms with Gasteiger partial charge >= 0.3 is 5.97 Å². The summed E-state index contributed by atoms with van der Waals surface area (Å²) in [7, 11) is 1.28. The van der Waals surface area contributed by atoms with Crippen molar-refractivity contribution in [1.29, 1.82) is 0 Å². The first kappa shape index (κ1) is 22.1. The number of carbonyl (C=O) groups is 4. The van der Waals surface area contributed by atoms with Gasteiger partial charge in [0.15, 0.2) is 10.8 Å². The Hall–Kier alpha value is -3.07. The number of amides is 3. The van der Waals surface area contributed by atoms with Crippen LogP contribution in [-0.4, -0.2) is 47.2 Å². The molecule has 0 atom stereocenters. The van der Waals surface area contributed by atoms with E-state index in [-0.39, 0.29) is 35.6 Å². The third kappa shape index (κ3) is 4.43. The van der Waals surface area contributed by atoms with Gasteiger partial charge in [0.2, 0.25) is 17.7 Å². The van der Waals surface area contributed by atoms with E-state index in [1.54, 1.807) is 0 Å². The van der Waals surface area contributed by atoms with Crippen LogP contribution in [0.2, 0.25) is 0 Å². The number of thiazole rings is 1. The molecule has 2 fully saturated rings. The number of anilines is 1. The average molecular weight is 456 g/mol. The van der Waals surface area contributed by atoms with E-state index in [9.17, 15) is 19.2 Å². The predicted molar refractivity (Wildman–Crippen MR) is 118 cm³/mol. The molecule has 1 N–H and O–H groups in total. The fourth-order valence-corrected chi connectivity index (χ4v) is 5.46. The number of hydrogen-bond acceptors (Lipinski definition) is 7. The van der Waals surface area contributed by atoms with Crippen molar-refractivity contribution in [2.75, 3.05) is 19.0 Å². The molecule has 1 aromatic carbocycles. The van der Waals surface area contributed by atoms with Crippen molar-refractivity contribution < 1.29 is 23.9 Å². The average Bonchev–Trinajstić information content (AvgIpc) is 3.48. The Morgan fingerprint density at radius 1 is 1.16 bits per heavy atom. The molecule has 0 radical (unpaired) electrons. The van der Waals surface area contributed by atoms with Gasteiger partial charge in [-0.05, 0) is 31.2 Å². The molecule has 4 rings (SSSR count). The first-order valence-corrected chi connectivity index (χ1v) is 11.5. The molecule has 1 saturated carbocycles. The third-order valence-corrected chi connectivity index (χ3v) is 7.19. The number of rotatable bonds is 7. The Bertz CT molecular complexity index is 1040. The van der Waals surface area contributed by atoms with Crippen LogP contribution in [0, 0.1) is 5.41 Å². The summed E-state index contributed by atoms with van der Waals surface area (Å²) in [6, 6.07) is 9.84. The fraction of sp³-hybridized carbons (Fsp3) is 0.435. The molecule has 1 aliphatic heterocycles. The first-order valence-electron chi connectivity index (χ1n) is 10.7. The number of aryl methyl sites for hydroxylation is 2. The SMILES string of the molecule is COC(=O)c1nc(NC(=O)CN2C(=O)CC3(CCCC3)C2=O)sc1CCc1ccccc1.